The maximum Gasteiger partial charge on any atom is 0.233 e. The van der Waals surface area contributed by atoms with E-state index >= 15 is 0 Å². The average Bonchev–Trinajstić information content (AvgIpc) is 2.34. The molecule has 0 fully saturated rings. The monoisotopic (exact) mass is 302 g/mol. The number of hydrogen-bond donors (Lipinski definition) is 2. The Balaban J connectivity index is 2.47. The predicted molar refractivity (Wildman–Crippen MR) is 80.5 cm³/mol. The summed E-state index contributed by atoms with van der Waals surface area (Å²) in [4.78, 5) is 0. The van der Waals surface area contributed by atoms with E-state index in [-0.39, 0.29) is 0 Å². The second kappa shape index (κ2) is 7.65. The van der Waals surface area contributed by atoms with E-state index < -0.39 is 10.0 Å². The van der Waals surface area contributed by atoms with Crippen molar-refractivity contribution in [3.63, 3.8) is 0 Å². The van der Waals surface area contributed by atoms with Gasteiger partial charge in [0, 0.05) is 29.6 Å². The van der Waals surface area contributed by atoms with E-state index in [0.717, 1.165) is 11.0 Å². The highest BCUT2D eigenvalue weighted by Gasteiger charge is 2.03. The second-order valence-electron chi connectivity index (χ2n) is 4.40. The first kappa shape index (κ1) is 16.2. The van der Waals surface area contributed by atoms with Gasteiger partial charge in [-0.3, -0.25) is 0 Å². The third-order valence-electron chi connectivity index (χ3n) is 2.29. The van der Waals surface area contributed by atoms with Gasteiger partial charge in [-0.1, -0.05) is 37.6 Å². The fraction of sp³-hybridized carbons (Fsp3) is 0.385. The van der Waals surface area contributed by atoms with E-state index in [0.29, 0.717) is 24.2 Å². The van der Waals surface area contributed by atoms with Gasteiger partial charge >= 0.3 is 0 Å². The molecule has 0 saturated carbocycles. The Morgan fingerprint density at radius 3 is 2.42 bits per heavy atom. The molecule has 0 aliphatic carbocycles. The summed E-state index contributed by atoms with van der Waals surface area (Å²) in [5.41, 5.74) is 0.787. The van der Waals surface area contributed by atoms with Gasteiger partial charge in [-0.05, 0) is 23.8 Å². The van der Waals surface area contributed by atoms with Crippen LogP contribution in [0.2, 0.25) is 5.02 Å². The van der Waals surface area contributed by atoms with Gasteiger partial charge in [0.25, 0.3) is 0 Å². The molecular formula is C13H19ClN2O2S. The van der Waals surface area contributed by atoms with E-state index in [9.17, 15) is 8.42 Å². The maximum absolute atomic E-state index is 11.7. The summed E-state index contributed by atoms with van der Waals surface area (Å²) in [6, 6.07) is 7.29. The fourth-order valence-corrected chi connectivity index (χ4v) is 2.29. The third kappa shape index (κ3) is 7.32. The Hall–Kier alpha value is -0.880. The van der Waals surface area contributed by atoms with Crippen LogP contribution in [0.1, 0.15) is 19.4 Å². The smallest absolute Gasteiger partial charge is 0.233 e. The number of halogens is 1. The maximum atomic E-state index is 11.7. The SMILES string of the molecule is CC(C)NCCNS(=O)(=O)C=Cc1ccc(Cl)cc1. The largest absolute Gasteiger partial charge is 0.313 e. The zero-order valence-corrected chi connectivity index (χ0v) is 12.6. The average molecular weight is 303 g/mol. The van der Waals surface area contributed by atoms with Crippen molar-refractivity contribution in [1.29, 1.82) is 0 Å². The minimum absolute atomic E-state index is 0.342. The minimum Gasteiger partial charge on any atom is -0.313 e. The summed E-state index contributed by atoms with van der Waals surface area (Å²) in [7, 11) is -3.39. The van der Waals surface area contributed by atoms with Crippen molar-refractivity contribution < 1.29 is 8.42 Å². The van der Waals surface area contributed by atoms with Crippen LogP contribution in [0.3, 0.4) is 0 Å². The Labute approximate surface area is 119 Å². The molecule has 0 saturated heterocycles. The molecule has 106 valence electrons. The molecule has 0 spiro atoms. The zero-order valence-electron chi connectivity index (χ0n) is 11.1. The Morgan fingerprint density at radius 1 is 1.21 bits per heavy atom. The molecular weight excluding hydrogens is 284 g/mol. The molecule has 6 heteroatoms. The van der Waals surface area contributed by atoms with Crippen LogP contribution in [0.25, 0.3) is 6.08 Å². The minimum atomic E-state index is -3.39. The van der Waals surface area contributed by atoms with Gasteiger partial charge in [-0.25, -0.2) is 13.1 Å². The molecule has 1 aromatic rings. The second-order valence-corrected chi connectivity index (χ2v) is 6.49. The van der Waals surface area contributed by atoms with Crippen molar-refractivity contribution in [2.24, 2.45) is 0 Å². The number of nitrogens with one attached hydrogen (secondary N) is 2. The predicted octanol–water partition coefficient (Wildman–Crippen LogP) is 2.23. The lowest BCUT2D eigenvalue weighted by molar-refractivity contribution is 0.565. The number of benzene rings is 1. The van der Waals surface area contributed by atoms with Crippen LogP contribution in [0.5, 0.6) is 0 Å². The van der Waals surface area contributed by atoms with Crippen molar-refractivity contribution in [3.8, 4) is 0 Å². The van der Waals surface area contributed by atoms with E-state index in [2.05, 4.69) is 10.0 Å². The normalized spacial score (nSPS) is 12.4. The molecule has 0 aromatic heterocycles. The first-order valence-corrected chi connectivity index (χ1v) is 7.98. The van der Waals surface area contributed by atoms with Crippen molar-refractivity contribution >= 4 is 27.7 Å². The van der Waals surface area contributed by atoms with E-state index in [1.165, 1.54) is 6.08 Å². The highest BCUT2D eigenvalue weighted by molar-refractivity contribution is 7.92. The van der Waals surface area contributed by atoms with Gasteiger partial charge in [-0.15, -0.1) is 0 Å². The van der Waals surface area contributed by atoms with Gasteiger partial charge in [0.2, 0.25) is 10.0 Å². The highest BCUT2D eigenvalue weighted by atomic mass is 35.5. The summed E-state index contributed by atoms with van der Waals surface area (Å²) in [6.07, 6.45) is 1.54. The lowest BCUT2D eigenvalue weighted by Crippen LogP contribution is -2.33. The molecule has 4 nitrogen and oxygen atoms in total. The molecule has 0 bridgehead atoms. The molecule has 0 aliphatic heterocycles. The van der Waals surface area contributed by atoms with Crippen molar-refractivity contribution in [1.82, 2.24) is 10.0 Å². The van der Waals surface area contributed by atoms with Crippen LogP contribution >= 0.6 is 11.6 Å². The van der Waals surface area contributed by atoms with Crippen molar-refractivity contribution in [2.75, 3.05) is 13.1 Å². The first-order valence-electron chi connectivity index (χ1n) is 6.06. The van der Waals surface area contributed by atoms with E-state index in [4.69, 9.17) is 11.6 Å². The van der Waals surface area contributed by atoms with Crippen molar-refractivity contribution in [2.45, 2.75) is 19.9 Å². The van der Waals surface area contributed by atoms with E-state index in [1.807, 2.05) is 13.8 Å². The summed E-state index contributed by atoms with van der Waals surface area (Å²) in [5.74, 6) is 0. The fourth-order valence-electron chi connectivity index (χ4n) is 1.34. The van der Waals surface area contributed by atoms with Crippen LogP contribution in [0, 0.1) is 0 Å². The van der Waals surface area contributed by atoms with Gasteiger partial charge in [0.05, 0.1) is 0 Å². The molecule has 0 amide bonds. The molecule has 0 aliphatic rings. The highest BCUT2D eigenvalue weighted by Crippen LogP contribution is 2.10. The van der Waals surface area contributed by atoms with Gasteiger partial charge in [0.15, 0.2) is 0 Å². The lowest BCUT2D eigenvalue weighted by Gasteiger charge is -2.07. The number of rotatable bonds is 7. The van der Waals surface area contributed by atoms with Gasteiger partial charge in [-0.2, -0.15) is 0 Å². The molecule has 0 unspecified atom stereocenters. The zero-order chi connectivity index (χ0) is 14.3. The van der Waals surface area contributed by atoms with Crippen LogP contribution in [-0.4, -0.2) is 27.5 Å². The van der Waals surface area contributed by atoms with Crippen LogP contribution in [-0.2, 0) is 10.0 Å². The molecule has 19 heavy (non-hydrogen) atoms. The molecule has 0 atom stereocenters. The Morgan fingerprint density at radius 2 is 1.84 bits per heavy atom. The van der Waals surface area contributed by atoms with Gasteiger partial charge < -0.3 is 5.32 Å². The standard InChI is InChI=1S/C13H19ClN2O2S/c1-11(2)15-8-9-16-19(17,18)10-7-12-3-5-13(14)6-4-12/h3-7,10-11,15-16H,8-9H2,1-2H3. The molecule has 0 heterocycles. The van der Waals surface area contributed by atoms with Gasteiger partial charge in [0.1, 0.15) is 0 Å². The van der Waals surface area contributed by atoms with Crippen LogP contribution in [0.4, 0.5) is 0 Å². The quantitative estimate of drug-likeness (QED) is 0.759. The Bertz CT molecular complexity index is 510. The van der Waals surface area contributed by atoms with E-state index in [1.54, 1.807) is 24.3 Å². The summed E-state index contributed by atoms with van der Waals surface area (Å²) < 4.78 is 25.8. The number of sulfonamides is 1. The van der Waals surface area contributed by atoms with Crippen LogP contribution < -0.4 is 10.0 Å². The molecule has 2 N–H and O–H groups in total. The summed E-state index contributed by atoms with van der Waals surface area (Å²) in [5, 5.41) is 4.91. The first-order chi connectivity index (χ1) is 8.89. The van der Waals surface area contributed by atoms with Crippen LogP contribution in [0.15, 0.2) is 29.7 Å². The molecule has 1 rings (SSSR count). The number of hydrogen-bond acceptors (Lipinski definition) is 3. The Kier molecular flexibility index (Phi) is 6.51. The summed E-state index contributed by atoms with van der Waals surface area (Å²) in [6.45, 7) is 4.99. The molecule has 0 radical (unpaired) electrons. The lowest BCUT2D eigenvalue weighted by atomic mass is 10.2. The topological polar surface area (TPSA) is 58.2 Å². The summed E-state index contributed by atoms with van der Waals surface area (Å²) >= 11 is 5.75. The third-order valence-corrected chi connectivity index (χ3v) is 3.64. The van der Waals surface area contributed by atoms with Crippen molar-refractivity contribution in [3.05, 3.63) is 40.3 Å². The molecule has 1 aromatic carbocycles.